The van der Waals surface area contributed by atoms with Gasteiger partial charge in [0.1, 0.15) is 23.1 Å². The third kappa shape index (κ3) is 5.80. The average Bonchev–Trinajstić information content (AvgIpc) is 3.45. The van der Waals surface area contributed by atoms with Crippen LogP contribution in [0.3, 0.4) is 0 Å². The zero-order chi connectivity index (χ0) is 30.4. The van der Waals surface area contributed by atoms with Crippen molar-refractivity contribution in [1.82, 2.24) is 24.7 Å². The highest BCUT2D eigenvalue weighted by atomic mass is 35.5. The number of aromatic nitrogens is 2. The molecule has 1 unspecified atom stereocenters. The van der Waals surface area contributed by atoms with Gasteiger partial charge in [-0.3, -0.25) is 14.5 Å². The fourth-order valence-electron chi connectivity index (χ4n) is 8.26. The molecule has 3 aliphatic heterocycles. The number of fused-ring (bicyclic) bond motifs is 3. The number of piperidine rings is 2. The fraction of sp³-hybridized carbons (Fsp3) is 0.559. The number of imidazole rings is 1. The molecule has 2 amide bonds. The van der Waals surface area contributed by atoms with Crippen LogP contribution in [0.25, 0.3) is 11.0 Å². The van der Waals surface area contributed by atoms with Crippen LogP contribution in [0.1, 0.15) is 76.2 Å². The lowest BCUT2D eigenvalue weighted by molar-refractivity contribution is -0.141. The van der Waals surface area contributed by atoms with E-state index in [2.05, 4.69) is 52.0 Å². The zero-order valence-electron chi connectivity index (χ0n) is 25.5. The number of rotatable bonds is 8. The molecule has 3 fully saturated rings. The summed E-state index contributed by atoms with van der Waals surface area (Å²) in [4.78, 5) is 34.7. The van der Waals surface area contributed by atoms with Crippen LogP contribution < -0.4 is 5.32 Å². The topological polar surface area (TPSA) is 70.5 Å². The fourth-order valence-corrected chi connectivity index (χ4v) is 8.33. The zero-order valence-corrected chi connectivity index (χ0v) is 26.2. The third-order valence-corrected chi connectivity index (χ3v) is 10.6. The highest BCUT2D eigenvalue weighted by Crippen LogP contribution is 2.45. The first-order chi connectivity index (χ1) is 20.6. The van der Waals surface area contributed by atoms with Gasteiger partial charge in [0.2, 0.25) is 11.8 Å². The summed E-state index contributed by atoms with van der Waals surface area (Å²) in [5.74, 6) is 0.221. The summed E-state index contributed by atoms with van der Waals surface area (Å²) in [5.41, 5.74) is 2.08. The number of benzene rings is 2. The van der Waals surface area contributed by atoms with E-state index in [0.29, 0.717) is 31.2 Å². The molecule has 0 radical (unpaired) electrons. The van der Waals surface area contributed by atoms with Crippen molar-refractivity contribution in [3.8, 4) is 0 Å². The summed E-state index contributed by atoms with van der Waals surface area (Å²) in [6.45, 7) is 7.67. The van der Waals surface area contributed by atoms with E-state index in [4.69, 9.17) is 16.6 Å². The molecule has 1 N–H and O–H groups in total. The lowest BCUT2D eigenvalue weighted by Gasteiger charge is -2.46. The second-order valence-corrected chi connectivity index (χ2v) is 13.7. The van der Waals surface area contributed by atoms with E-state index < -0.39 is 5.54 Å². The average molecular weight is 608 g/mol. The predicted molar refractivity (Wildman–Crippen MR) is 168 cm³/mol. The minimum atomic E-state index is -1.03. The van der Waals surface area contributed by atoms with Crippen LogP contribution in [0, 0.1) is 12.7 Å². The number of nitrogens with one attached hydrogen (secondary N) is 1. The predicted octanol–water partition coefficient (Wildman–Crippen LogP) is 5.74. The van der Waals surface area contributed by atoms with E-state index in [1.165, 1.54) is 24.4 Å². The molecule has 2 aromatic carbocycles. The first-order valence-corrected chi connectivity index (χ1v) is 16.3. The standard InChI is InChI=1S/C34H43ClFN5O2/c1-23-37-29-9-4-5-10-30(29)41(23)28-20-26-11-12-27(21-28)40(26)18-15-34(24-7-6-8-25(36)19-24)13-16-39(17-14-34)32(43)33(2,3)38-31(42)22-35/h4-10,19,26-28H,11-18,20-22H2,1-3H3,(H,38,42)/t26-,27+,28?. The number of likely N-dealkylation sites (tertiary alicyclic amines) is 1. The Balaban J connectivity index is 1.17. The van der Waals surface area contributed by atoms with Crippen molar-refractivity contribution in [1.29, 1.82) is 0 Å². The maximum Gasteiger partial charge on any atom is 0.247 e. The second kappa shape index (κ2) is 11.8. The number of halogens is 2. The van der Waals surface area contributed by atoms with E-state index in [1.807, 2.05) is 11.0 Å². The molecule has 9 heteroatoms. The molecule has 3 atom stereocenters. The van der Waals surface area contributed by atoms with Crippen molar-refractivity contribution in [2.24, 2.45) is 0 Å². The number of carbonyl (C=O) groups excluding carboxylic acids is 2. The maximum absolute atomic E-state index is 14.5. The Kier molecular flexibility index (Phi) is 8.28. The number of hydrogen-bond donors (Lipinski definition) is 1. The Morgan fingerprint density at radius 2 is 1.74 bits per heavy atom. The number of nitrogens with zero attached hydrogens (tertiary/aromatic N) is 4. The van der Waals surface area contributed by atoms with E-state index in [0.717, 1.165) is 55.6 Å². The van der Waals surface area contributed by atoms with Crippen molar-refractivity contribution in [2.45, 2.75) is 94.8 Å². The van der Waals surface area contributed by atoms with Gasteiger partial charge >= 0.3 is 0 Å². The largest absolute Gasteiger partial charge is 0.341 e. The van der Waals surface area contributed by atoms with Gasteiger partial charge in [0.15, 0.2) is 0 Å². The normalized spacial score (nSPS) is 23.9. The van der Waals surface area contributed by atoms with Gasteiger partial charge in [-0.1, -0.05) is 24.3 Å². The van der Waals surface area contributed by atoms with E-state index in [1.54, 1.807) is 19.9 Å². The minimum Gasteiger partial charge on any atom is -0.341 e. The Morgan fingerprint density at radius 1 is 1.05 bits per heavy atom. The van der Waals surface area contributed by atoms with Crippen molar-refractivity contribution in [2.75, 3.05) is 25.5 Å². The molecular weight excluding hydrogens is 565 g/mol. The highest BCUT2D eigenvalue weighted by molar-refractivity contribution is 6.27. The Hall–Kier alpha value is -2.97. The monoisotopic (exact) mass is 607 g/mol. The van der Waals surface area contributed by atoms with Gasteiger partial charge in [-0.25, -0.2) is 9.37 Å². The maximum atomic E-state index is 14.5. The van der Waals surface area contributed by atoms with Crippen LogP contribution in [0.5, 0.6) is 0 Å². The molecule has 2 bridgehead atoms. The van der Waals surface area contributed by atoms with Crippen molar-refractivity contribution < 1.29 is 14.0 Å². The minimum absolute atomic E-state index is 0.110. The number of carbonyl (C=O) groups is 2. The Bertz CT molecular complexity index is 1480. The van der Waals surface area contributed by atoms with E-state index in [9.17, 15) is 14.0 Å². The summed E-state index contributed by atoms with van der Waals surface area (Å²) in [7, 11) is 0. The summed E-state index contributed by atoms with van der Waals surface area (Å²) in [5, 5.41) is 2.75. The summed E-state index contributed by atoms with van der Waals surface area (Å²) in [6.07, 6.45) is 7.11. The number of aryl methyl sites for hydroxylation is 1. The number of amides is 2. The molecule has 3 saturated heterocycles. The SMILES string of the molecule is Cc1nc2ccccc2n1C1C[C@H]2CC[C@@H](C1)N2CCC1(c2cccc(F)c2)CCN(C(=O)C(C)(C)NC(=O)CCl)CC1. The molecular formula is C34H43ClFN5O2. The van der Waals surface area contributed by atoms with E-state index in [-0.39, 0.29) is 28.9 Å². The summed E-state index contributed by atoms with van der Waals surface area (Å²) < 4.78 is 17.0. The van der Waals surface area contributed by atoms with Crippen LogP contribution >= 0.6 is 11.6 Å². The Morgan fingerprint density at radius 3 is 2.42 bits per heavy atom. The molecule has 43 heavy (non-hydrogen) atoms. The van der Waals surface area contributed by atoms with Crippen LogP contribution in [-0.2, 0) is 15.0 Å². The molecule has 1 aromatic heterocycles. The van der Waals surface area contributed by atoms with E-state index >= 15 is 0 Å². The van der Waals surface area contributed by atoms with Gasteiger partial charge in [0.25, 0.3) is 0 Å². The number of alkyl halides is 1. The van der Waals surface area contributed by atoms with Gasteiger partial charge in [-0.2, -0.15) is 0 Å². The molecule has 6 rings (SSSR count). The lowest BCUT2D eigenvalue weighted by atomic mass is 9.70. The van der Waals surface area contributed by atoms with Gasteiger partial charge < -0.3 is 14.8 Å². The van der Waals surface area contributed by atoms with Crippen LogP contribution in [-0.4, -0.2) is 74.3 Å². The number of hydrogen-bond acceptors (Lipinski definition) is 4. The van der Waals surface area contributed by atoms with Gasteiger partial charge in [-0.05, 0) is 108 Å². The molecule has 230 valence electrons. The van der Waals surface area contributed by atoms with Gasteiger partial charge in [-0.15, -0.1) is 11.6 Å². The van der Waals surface area contributed by atoms with Crippen LogP contribution in [0.15, 0.2) is 48.5 Å². The molecule has 0 spiro atoms. The third-order valence-electron chi connectivity index (χ3n) is 10.4. The quantitative estimate of drug-likeness (QED) is 0.332. The molecule has 3 aromatic rings. The molecule has 4 heterocycles. The summed E-state index contributed by atoms with van der Waals surface area (Å²) >= 11 is 5.68. The van der Waals surface area contributed by atoms with Crippen molar-refractivity contribution in [3.63, 3.8) is 0 Å². The van der Waals surface area contributed by atoms with Gasteiger partial charge in [0.05, 0.1) is 11.0 Å². The van der Waals surface area contributed by atoms with Crippen molar-refractivity contribution >= 4 is 34.4 Å². The molecule has 0 aliphatic carbocycles. The van der Waals surface area contributed by atoms with Crippen LogP contribution in [0.4, 0.5) is 4.39 Å². The first-order valence-electron chi connectivity index (χ1n) is 15.7. The summed E-state index contributed by atoms with van der Waals surface area (Å²) in [6, 6.07) is 17.0. The molecule has 0 saturated carbocycles. The number of para-hydroxylation sites is 2. The molecule has 3 aliphatic rings. The first kappa shape index (κ1) is 30.1. The van der Waals surface area contributed by atoms with Crippen LogP contribution in [0.2, 0.25) is 0 Å². The van der Waals surface area contributed by atoms with Gasteiger partial charge in [0, 0.05) is 31.2 Å². The lowest BCUT2D eigenvalue weighted by Crippen LogP contribution is -2.58. The highest BCUT2D eigenvalue weighted by Gasteiger charge is 2.45. The smallest absolute Gasteiger partial charge is 0.247 e. The Labute approximate surface area is 258 Å². The van der Waals surface area contributed by atoms with Crippen molar-refractivity contribution in [3.05, 3.63) is 65.7 Å². The molecule has 7 nitrogen and oxygen atoms in total. The second-order valence-electron chi connectivity index (χ2n) is 13.4.